The normalized spacial score (nSPS) is 15.9. The maximum absolute atomic E-state index is 5.53. The summed E-state index contributed by atoms with van der Waals surface area (Å²) in [5.74, 6) is 0. The zero-order valence-electron chi connectivity index (χ0n) is 8.55. The minimum atomic E-state index is 0.193. The number of furan rings is 1. The third-order valence-electron chi connectivity index (χ3n) is 2.51. The molecule has 1 aromatic rings. The van der Waals surface area contributed by atoms with Crippen LogP contribution in [0.4, 0.5) is 0 Å². The van der Waals surface area contributed by atoms with Gasteiger partial charge in [0.25, 0.3) is 0 Å². The van der Waals surface area contributed by atoms with E-state index in [0.717, 1.165) is 18.3 Å². The Bertz CT molecular complexity index is 415. The van der Waals surface area contributed by atoms with Crippen LogP contribution in [0.2, 0.25) is 0 Å². The minimum absolute atomic E-state index is 0.193. The van der Waals surface area contributed by atoms with Crippen molar-refractivity contribution in [1.29, 1.82) is 0 Å². The van der Waals surface area contributed by atoms with Crippen molar-refractivity contribution in [3.8, 4) is 0 Å². The van der Waals surface area contributed by atoms with Crippen molar-refractivity contribution < 1.29 is 4.42 Å². The predicted octanol–water partition coefficient (Wildman–Crippen LogP) is 1.93. The molecule has 0 unspecified atom stereocenters. The highest BCUT2D eigenvalue weighted by atomic mass is 16.3. The van der Waals surface area contributed by atoms with Crippen molar-refractivity contribution in [1.82, 2.24) is 0 Å². The van der Waals surface area contributed by atoms with E-state index in [1.165, 1.54) is 10.8 Å². The average molecular weight is 176 g/mol. The van der Waals surface area contributed by atoms with Crippen LogP contribution in [0.3, 0.4) is 0 Å². The van der Waals surface area contributed by atoms with E-state index in [2.05, 4.69) is 32.9 Å². The molecule has 1 heterocycles. The Balaban J connectivity index is 2.70. The molecule has 0 bridgehead atoms. The molecule has 2 rings (SSSR count). The average Bonchev–Trinajstić information content (AvgIpc) is 2.45. The quantitative estimate of drug-likeness (QED) is 0.588. The summed E-state index contributed by atoms with van der Waals surface area (Å²) in [5.41, 5.74) is 2.59. The zero-order chi connectivity index (χ0) is 9.47. The van der Waals surface area contributed by atoms with Gasteiger partial charge in [-0.1, -0.05) is 26.8 Å². The zero-order valence-corrected chi connectivity index (χ0v) is 8.55. The number of fused-ring (bicyclic) bond motifs is 1. The molecule has 0 aliphatic heterocycles. The summed E-state index contributed by atoms with van der Waals surface area (Å²) < 4.78 is 5.53. The molecule has 70 valence electrons. The van der Waals surface area contributed by atoms with Crippen molar-refractivity contribution in [2.45, 2.75) is 39.0 Å². The lowest BCUT2D eigenvalue weighted by Gasteiger charge is -2.16. The Morgan fingerprint density at radius 3 is 2.54 bits per heavy atom. The lowest BCUT2D eigenvalue weighted by atomic mass is 9.87. The van der Waals surface area contributed by atoms with Gasteiger partial charge in [-0.15, -0.1) is 0 Å². The van der Waals surface area contributed by atoms with Crippen LogP contribution < -0.4 is 10.6 Å². The van der Waals surface area contributed by atoms with E-state index in [9.17, 15) is 0 Å². The first kappa shape index (κ1) is 8.61. The molecule has 0 radical (unpaired) electrons. The molecular weight excluding hydrogens is 160 g/mol. The van der Waals surface area contributed by atoms with Crippen LogP contribution in [0.25, 0.3) is 12.2 Å². The molecule has 0 N–H and O–H groups in total. The van der Waals surface area contributed by atoms with E-state index in [-0.39, 0.29) is 5.41 Å². The number of rotatable bonds is 0. The maximum Gasteiger partial charge on any atom is 0.129 e. The van der Waals surface area contributed by atoms with Crippen molar-refractivity contribution in [2.75, 3.05) is 0 Å². The van der Waals surface area contributed by atoms with Crippen LogP contribution in [-0.4, -0.2) is 0 Å². The van der Waals surface area contributed by atoms with Gasteiger partial charge in [0.05, 0.1) is 6.26 Å². The largest absolute Gasteiger partial charge is 0.464 e. The van der Waals surface area contributed by atoms with Gasteiger partial charge in [0.15, 0.2) is 0 Å². The third kappa shape index (κ3) is 1.43. The van der Waals surface area contributed by atoms with Gasteiger partial charge in [0, 0.05) is 10.8 Å². The van der Waals surface area contributed by atoms with Crippen LogP contribution in [0.15, 0.2) is 10.7 Å². The molecule has 0 spiro atoms. The van der Waals surface area contributed by atoms with Crippen LogP contribution in [0.5, 0.6) is 0 Å². The fraction of sp³-hybridized carbons (Fsp3) is 0.500. The Hall–Kier alpha value is -0.980. The molecule has 0 saturated carbocycles. The number of hydrogen-bond acceptors (Lipinski definition) is 1. The fourth-order valence-electron chi connectivity index (χ4n) is 1.77. The van der Waals surface area contributed by atoms with Crippen molar-refractivity contribution in [3.63, 3.8) is 0 Å². The van der Waals surface area contributed by atoms with Gasteiger partial charge in [-0.25, -0.2) is 0 Å². The maximum atomic E-state index is 5.53. The van der Waals surface area contributed by atoms with Gasteiger partial charge in [0.2, 0.25) is 0 Å². The molecule has 13 heavy (non-hydrogen) atoms. The Kier molecular flexibility index (Phi) is 1.83. The van der Waals surface area contributed by atoms with Crippen molar-refractivity contribution >= 4 is 12.2 Å². The SMILES string of the molecule is CC(C)(C)c1coc2c1=CCCC=2. The molecule has 1 nitrogen and oxygen atoms in total. The van der Waals surface area contributed by atoms with Crippen molar-refractivity contribution in [3.05, 3.63) is 22.5 Å². The Morgan fingerprint density at radius 2 is 1.85 bits per heavy atom. The van der Waals surface area contributed by atoms with Crippen LogP contribution in [0, 0.1) is 0 Å². The van der Waals surface area contributed by atoms with Crippen LogP contribution >= 0.6 is 0 Å². The lowest BCUT2D eigenvalue weighted by molar-refractivity contribution is 0.513. The second-order valence-electron chi connectivity index (χ2n) is 4.66. The molecule has 0 saturated heterocycles. The van der Waals surface area contributed by atoms with Crippen LogP contribution in [0.1, 0.15) is 39.2 Å². The summed E-state index contributed by atoms with van der Waals surface area (Å²) in [6.45, 7) is 6.67. The van der Waals surface area contributed by atoms with E-state index in [4.69, 9.17) is 4.42 Å². The lowest BCUT2D eigenvalue weighted by Crippen LogP contribution is -2.30. The molecular formula is C12H16O. The molecule has 0 amide bonds. The van der Waals surface area contributed by atoms with Gasteiger partial charge in [-0.05, 0) is 24.3 Å². The molecule has 1 aromatic heterocycles. The smallest absolute Gasteiger partial charge is 0.129 e. The standard InChI is InChI=1S/C12H16O/c1-12(2,3)10-8-13-11-7-5-4-6-9(10)11/h6-8H,4-5H2,1-3H3. The monoisotopic (exact) mass is 176 g/mol. The number of hydrogen-bond donors (Lipinski definition) is 0. The van der Waals surface area contributed by atoms with E-state index in [1.807, 2.05) is 6.26 Å². The third-order valence-corrected chi connectivity index (χ3v) is 2.51. The molecule has 0 aromatic carbocycles. The molecule has 1 aliphatic carbocycles. The summed E-state index contributed by atoms with van der Waals surface area (Å²) in [7, 11) is 0. The van der Waals surface area contributed by atoms with E-state index in [0.29, 0.717) is 0 Å². The van der Waals surface area contributed by atoms with E-state index < -0.39 is 0 Å². The second-order valence-corrected chi connectivity index (χ2v) is 4.66. The van der Waals surface area contributed by atoms with Crippen molar-refractivity contribution in [2.24, 2.45) is 0 Å². The Morgan fingerprint density at radius 1 is 1.15 bits per heavy atom. The highest BCUT2D eigenvalue weighted by molar-refractivity contribution is 5.39. The second kappa shape index (κ2) is 2.76. The van der Waals surface area contributed by atoms with Gasteiger partial charge in [0.1, 0.15) is 5.42 Å². The summed E-state index contributed by atoms with van der Waals surface area (Å²) in [5, 5.41) is 1.32. The topological polar surface area (TPSA) is 13.1 Å². The highest BCUT2D eigenvalue weighted by Crippen LogP contribution is 2.18. The first-order valence-electron chi connectivity index (χ1n) is 4.87. The van der Waals surface area contributed by atoms with Gasteiger partial charge >= 0.3 is 0 Å². The first-order valence-corrected chi connectivity index (χ1v) is 4.87. The van der Waals surface area contributed by atoms with Gasteiger partial charge in [-0.3, -0.25) is 0 Å². The molecule has 0 fully saturated rings. The van der Waals surface area contributed by atoms with E-state index >= 15 is 0 Å². The minimum Gasteiger partial charge on any atom is -0.464 e. The predicted molar refractivity (Wildman–Crippen MR) is 54.8 cm³/mol. The Labute approximate surface area is 78.8 Å². The van der Waals surface area contributed by atoms with Gasteiger partial charge in [-0.2, -0.15) is 0 Å². The van der Waals surface area contributed by atoms with E-state index in [1.54, 1.807) is 0 Å². The molecule has 1 aliphatic rings. The molecule has 0 atom stereocenters. The highest BCUT2D eigenvalue weighted by Gasteiger charge is 2.18. The van der Waals surface area contributed by atoms with Crippen LogP contribution in [-0.2, 0) is 5.41 Å². The summed E-state index contributed by atoms with van der Waals surface area (Å²) in [6.07, 6.45) is 8.65. The fourth-order valence-corrected chi connectivity index (χ4v) is 1.77. The summed E-state index contributed by atoms with van der Waals surface area (Å²) in [4.78, 5) is 0. The molecule has 1 heteroatoms. The summed E-state index contributed by atoms with van der Waals surface area (Å²) in [6, 6.07) is 0. The first-order chi connectivity index (χ1) is 6.09. The van der Waals surface area contributed by atoms with Gasteiger partial charge < -0.3 is 4.42 Å². The summed E-state index contributed by atoms with van der Waals surface area (Å²) >= 11 is 0.